The van der Waals surface area contributed by atoms with Crippen LogP contribution in [0.4, 0.5) is 0 Å². The Labute approximate surface area is 87.0 Å². The highest BCUT2D eigenvalue weighted by atomic mass is 13.8. The van der Waals surface area contributed by atoms with Gasteiger partial charge in [0, 0.05) is 0 Å². The van der Waals surface area contributed by atoms with Crippen molar-refractivity contribution in [2.75, 3.05) is 0 Å². The van der Waals surface area contributed by atoms with Gasteiger partial charge in [0.15, 0.2) is 0 Å². The van der Waals surface area contributed by atoms with Crippen molar-refractivity contribution in [1.29, 1.82) is 0 Å². The molecule has 0 spiro atoms. The lowest BCUT2D eigenvalue weighted by atomic mass is 10.2. The van der Waals surface area contributed by atoms with E-state index in [0.29, 0.717) is 0 Å². The summed E-state index contributed by atoms with van der Waals surface area (Å²) in [5, 5.41) is 0. The van der Waals surface area contributed by atoms with Crippen LogP contribution in [0, 0.1) is 6.08 Å². The van der Waals surface area contributed by atoms with Crippen LogP contribution >= 0.6 is 0 Å². The van der Waals surface area contributed by atoms with Gasteiger partial charge in [-0.2, -0.15) is 0 Å². The van der Waals surface area contributed by atoms with Gasteiger partial charge in [0.1, 0.15) is 0 Å². The molecule has 1 radical (unpaired) electrons. The van der Waals surface area contributed by atoms with E-state index < -0.39 is 0 Å². The van der Waals surface area contributed by atoms with Crippen molar-refractivity contribution in [2.24, 2.45) is 0 Å². The number of rotatable bonds is 0. The van der Waals surface area contributed by atoms with Crippen LogP contribution in [0.1, 0.15) is 25.7 Å². The fraction of sp³-hybridized carbons (Fsp3) is 0.286. The molecule has 0 atom stereocenters. The van der Waals surface area contributed by atoms with Gasteiger partial charge in [-0.25, -0.2) is 0 Å². The van der Waals surface area contributed by atoms with Crippen LogP contribution in [0.15, 0.2) is 54.7 Å². The molecule has 0 aromatic heterocycles. The van der Waals surface area contributed by atoms with Crippen LogP contribution in [0.5, 0.6) is 0 Å². The Kier molecular flexibility index (Phi) is 6.39. The van der Waals surface area contributed by atoms with E-state index in [9.17, 15) is 0 Å². The zero-order valence-electron chi connectivity index (χ0n) is 8.52. The monoisotopic (exact) mass is 185 g/mol. The quantitative estimate of drug-likeness (QED) is 0.497. The maximum absolute atomic E-state index is 3.23. The summed E-state index contributed by atoms with van der Waals surface area (Å²) in [5.41, 5.74) is 0. The molecule has 0 saturated heterocycles. The Bertz CT molecular complexity index is 234. The summed E-state index contributed by atoms with van der Waals surface area (Å²) in [6, 6.07) is 0. The summed E-state index contributed by atoms with van der Waals surface area (Å²) in [6.07, 6.45) is 26.5. The highest BCUT2D eigenvalue weighted by Gasteiger charge is 1.76. The highest BCUT2D eigenvalue weighted by Crippen LogP contribution is 1.96. The first-order valence-corrected chi connectivity index (χ1v) is 5.17. The van der Waals surface area contributed by atoms with Crippen molar-refractivity contribution in [2.45, 2.75) is 25.7 Å². The molecular weight excluding hydrogens is 168 g/mol. The number of hydrogen-bond acceptors (Lipinski definition) is 0. The fourth-order valence-corrected chi connectivity index (χ4v) is 1.15. The van der Waals surface area contributed by atoms with Crippen LogP contribution in [0.25, 0.3) is 0 Å². The van der Waals surface area contributed by atoms with Gasteiger partial charge in [0.05, 0.1) is 0 Å². The molecule has 0 nitrogen and oxygen atoms in total. The van der Waals surface area contributed by atoms with Crippen molar-refractivity contribution in [3.63, 3.8) is 0 Å². The lowest BCUT2D eigenvalue weighted by Gasteiger charge is -1.85. The third-order valence-electron chi connectivity index (χ3n) is 1.89. The molecule has 0 amide bonds. The van der Waals surface area contributed by atoms with Gasteiger partial charge in [0.25, 0.3) is 0 Å². The zero-order chi connectivity index (χ0) is 9.90. The first kappa shape index (κ1) is 10.8. The predicted molar refractivity (Wildman–Crippen MR) is 62.8 cm³/mol. The fourth-order valence-electron chi connectivity index (χ4n) is 1.15. The lowest BCUT2D eigenvalue weighted by molar-refractivity contribution is 1.23. The average Bonchev–Trinajstić information content (AvgIpc) is 2.22. The van der Waals surface area contributed by atoms with Crippen molar-refractivity contribution in [3.8, 4) is 0 Å². The molecule has 0 fully saturated rings. The Morgan fingerprint density at radius 1 is 0.643 bits per heavy atom. The lowest BCUT2D eigenvalue weighted by Crippen LogP contribution is -1.65. The maximum Gasteiger partial charge on any atom is -0.00977 e. The normalized spacial score (nSPS) is 29.7. The summed E-state index contributed by atoms with van der Waals surface area (Å²) in [5.74, 6) is 0. The highest BCUT2D eigenvalue weighted by molar-refractivity contribution is 5.07. The van der Waals surface area contributed by atoms with Gasteiger partial charge in [-0.15, -0.1) is 0 Å². The van der Waals surface area contributed by atoms with E-state index in [0.717, 1.165) is 25.7 Å². The van der Waals surface area contributed by atoms with Crippen LogP contribution in [0.2, 0.25) is 0 Å². The molecule has 0 aromatic carbocycles. The van der Waals surface area contributed by atoms with Gasteiger partial charge in [-0.3, -0.25) is 0 Å². The molecule has 0 N–H and O–H groups in total. The van der Waals surface area contributed by atoms with Gasteiger partial charge >= 0.3 is 0 Å². The second-order valence-corrected chi connectivity index (χ2v) is 3.12. The summed E-state index contributed by atoms with van der Waals surface area (Å²) < 4.78 is 0. The molecule has 0 saturated carbocycles. The van der Waals surface area contributed by atoms with Gasteiger partial charge < -0.3 is 0 Å². The molecule has 0 heterocycles. The minimum Gasteiger partial charge on any atom is -0.0844 e. The zero-order valence-corrected chi connectivity index (χ0v) is 8.52. The third-order valence-corrected chi connectivity index (χ3v) is 1.89. The first-order valence-electron chi connectivity index (χ1n) is 5.17. The molecule has 0 aromatic rings. The van der Waals surface area contributed by atoms with Gasteiger partial charge in [-0.1, -0.05) is 54.7 Å². The molecule has 14 heavy (non-hydrogen) atoms. The van der Waals surface area contributed by atoms with E-state index in [1.807, 2.05) is 0 Å². The Morgan fingerprint density at radius 3 is 2.07 bits per heavy atom. The maximum atomic E-state index is 3.23. The van der Waals surface area contributed by atoms with E-state index >= 15 is 0 Å². The molecule has 73 valence electrons. The average molecular weight is 185 g/mol. The Morgan fingerprint density at radius 2 is 1.29 bits per heavy atom. The third kappa shape index (κ3) is 6.24. The number of allylic oxidation sites excluding steroid dienone is 10. The molecule has 0 aliphatic heterocycles. The summed E-state index contributed by atoms with van der Waals surface area (Å²) in [6.45, 7) is 0. The minimum atomic E-state index is 0.928. The van der Waals surface area contributed by atoms with Crippen LogP contribution < -0.4 is 0 Å². The standard InChI is InChI=1S/C14H17/c1-2-4-6-8-10-12-14-13-11-9-7-5-3-1/h1-4,7-10,13H,5-6,11-12H2/b3-1-,4-2+,9-7-,10-8+,14-13?. The molecule has 0 bridgehead atoms. The van der Waals surface area contributed by atoms with E-state index in [-0.39, 0.29) is 0 Å². The second-order valence-electron chi connectivity index (χ2n) is 3.12. The SMILES string of the molecule is [C]1=C/C/C=C\C/C=C\C=C\C/C=C/C/1. The molecule has 1 aliphatic rings. The molecule has 1 aliphatic carbocycles. The van der Waals surface area contributed by atoms with Crippen molar-refractivity contribution in [1.82, 2.24) is 0 Å². The van der Waals surface area contributed by atoms with Crippen LogP contribution in [-0.2, 0) is 0 Å². The van der Waals surface area contributed by atoms with Crippen LogP contribution in [0.3, 0.4) is 0 Å². The van der Waals surface area contributed by atoms with Crippen molar-refractivity contribution < 1.29 is 0 Å². The summed E-state index contributed by atoms with van der Waals surface area (Å²) in [7, 11) is 0. The van der Waals surface area contributed by atoms with E-state index in [4.69, 9.17) is 0 Å². The molecule has 0 heteroatoms. The largest absolute Gasteiger partial charge is 0.0844 e. The van der Waals surface area contributed by atoms with Gasteiger partial charge in [-0.05, 0) is 31.8 Å². The Balaban J connectivity index is 2.45. The van der Waals surface area contributed by atoms with Crippen LogP contribution in [-0.4, -0.2) is 0 Å². The number of hydrogen-bond donors (Lipinski definition) is 0. The smallest absolute Gasteiger partial charge is 0.00977 e. The first-order chi connectivity index (χ1) is 7.00. The minimum absolute atomic E-state index is 0.928. The predicted octanol–water partition coefficient (Wildman–Crippen LogP) is 4.14. The van der Waals surface area contributed by atoms with Crippen molar-refractivity contribution in [3.05, 3.63) is 60.8 Å². The van der Waals surface area contributed by atoms with Crippen molar-refractivity contribution >= 4 is 0 Å². The van der Waals surface area contributed by atoms with E-state index in [1.165, 1.54) is 0 Å². The summed E-state index contributed by atoms with van der Waals surface area (Å²) >= 11 is 0. The molecule has 0 unspecified atom stereocenters. The molecular formula is C14H17. The topological polar surface area (TPSA) is 0 Å². The second kappa shape index (κ2) is 8.31. The van der Waals surface area contributed by atoms with E-state index in [1.54, 1.807) is 0 Å². The van der Waals surface area contributed by atoms with Gasteiger partial charge in [0.2, 0.25) is 0 Å². The van der Waals surface area contributed by atoms with E-state index in [2.05, 4.69) is 60.8 Å². The Hall–Kier alpha value is -1.30. The summed E-state index contributed by atoms with van der Waals surface area (Å²) in [4.78, 5) is 0. The molecule has 1 rings (SSSR count).